The molecule has 292 valence electrons. The molecule has 49 heavy (non-hydrogen) atoms. The first kappa shape index (κ1) is 51.6. The molecule has 5 unspecified atom stereocenters. The lowest BCUT2D eigenvalue weighted by Gasteiger charge is -2.39. The molecule has 10 heteroatoms. The summed E-state index contributed by atoms with van der Waals surface area (Å²) in [4.78, 5) is 50.3. The largest absolute Gasteiger partial charge is 0.481 e. The van der Waals surface area contributed by atoms with Gasteiger partial charge in [0.25, 0.3) is 0 Å². The Labute approximate surface area is 305 Å². The molecule has 0 bridgehead atoms. The number of unbranched alkanes of at least 4 members (excludes halogenated alkanes) is 1. The standard InChI is InChI=1S/C30H53NO8S.C4H10.C3H8.C2H6/c1-10-20(2)17-29(6,7)40-16-15-24(32)37-18-21(19-38-27(36)30(8,31-9)28(3,4)5)39-26(35)23-14-12-11-13-22(23)25(33)34;1-3-4-2;1-3-2;1-2/h20-23,31H,10-19H2,1-9H3,(H,33,34);3-4H2,1-2H3;3H2,1-2H3;1-2H3. The summed E-state index contributed by atoms with van der Waals surface area (Å²) in [7, 11) is 1.67. The van der Waals surface area contributed by atoms with Crippen LogP contribution in [0.1, 0.15) is 161 Å². The van der Waals surface area contributed by atoms with Crippen molar-refractivity contribution in [2.75, 3.05) is 26.0 Å². The molecule has 0 aromatic heterocycles. The number of nitrogens with one attached hydrogen (secondary N) is 1. The number of carboxylic acids is 1. The van der Waals surface area contributed by atoms with Gasteiger partial charge in [0.1, 0.15) is 18.8 Å². The van der Waals surface area contributed by atoms with Gasteiger partial charge in [0.15, 0.2) is 6.10 Å². The van der Waals surface area contributed by atoms with Crippen LogP contribution in [0.2, 0.25) is 0 Å². The van der Waals surface area contributed by atoms with E-state index in [9.17, 15) is 24.3 Å². The van der Waals surface area contributed by atoms with E-state index in [4.69, 9.17) is 14.2 Å². The first-order valence-electron chi connectivity index (χ1n) is 18.9. The van der Waals surface area contributed by atoms with Gasteiger partial charge in [-0.3, -0.25) is 19.2 Å². The summed E-state index contributed by atoms with van der Waals surface area (Å²) in [6.07, 6.45) is 7.47. The number of hydrogen-bond acceptors (Lipinski definition) is 9. The van der Waals surface area contributed by atoms with Gasteiger partial charge in [-0.2, -0.15) is 11.8 Å². The highest BCUT2D eigenvalue weighted by Crippen LogP contribution is 2.34. The minimum absolute atomic E-state index is 0.0374. The smallest absolute Gasteiger partial charge is 0.326 e. The number of likely N-dealkylation sites (N-methyl/N-ethyl adjacent to an activating group) is 1. The predicted molar refractivity (Wildman–Crippen MR) is 205 cm³/mol. The summed E-state index contributed by atoms with van der Waals surface area (Å²) in [5.41, 5.74) is -1.50. The molecule has 0 aromatic carbocycles. The van der Waals surface area contributed by atoms with Crippen LogP contribution >= 0.6 is 11.8 Å². The van der Waals surface area contributed by atoms with Crippen LogP contribution in [0.25, 0.3) is 0 Å². The van der Waals surface area contributed by atoms with Crippen LogP contribution in [0, 0.1) is 23.2 Å². The van der Waals surface area contributed by atoms with Gasteiger partial charge in [0.05, 0.1) is 18.3 Å². The van der Waals surface area contributed by atoms with Crippen molar-refractivity contribution in [2.24, 2.45) is 23.2 Å². The first-order chi connectivity index (χ1) is 22.8. The summed E-state index contributed by atoms with van der Waals surface area (Å²) < 4.78 is 16.7. The Kier molecular flexibility index (Phi) is 29.3. The monoisotopic (exact) mass is 720 g/mol. The van der Waals surface area contributed by atoms with Gasteiger partial charge in [-0.05, 0) is 44.6 Å². The fourth-order valence-corrected chi connectivity index (χ4v) is 6.11. The fourth-order valence-electron chi connectivity index (χ4n) is 4.88. The maximum atomic E-state index is 13.0. The number of carbonyl (C=O) groups is 4. The molecule has 0 heterocycles. The van der Waals surface area contributed by atoms with Crippen LogP contribution in [0.4, 0.5) is 0 Å². The summed E-state index contributed by atoms with van der Waals surface area (Å²) in [5, 5.41) is 12.6. The molecule has 1 saturated carbocycles. The van der Waals surface area contributed by atoms with Crippen LogP contribution in [0.15, 0.2) is 0 Å². The van der Waals surface area contributed by atoms with E-state index in [0.29, 0.717) is 24.5 Å². The highest BCUT2D eigenvalue weighted by Gasteiger charge is 2.45. The number of hydrogen-bond donors (Lipinski definition) is 2. The fraction of sp³-hybridized carbons (Fsp3) is 0.897. The van der Waals surface area contributed by atoms with Gasteiger partial charge in [-0.15, -0.1) is 0 Å². The normalized spacial score (nSPS) is 18.3. The number of rotatable bonds is 17. The van der Waals surface area contributed by atoms with Crippen LogP contribution in [-0.2, 0) is 33.4 Å². The number of ether oxygens (including phenoxy) is 3. The van der Waals surface area contributed by atoms with E-state index in [1.165, 1.54) is 19.3 Å². The zero-order valence-electron chi connectivity index (χ0n) is 34.2. The van der Waals surface area contributed by atoms with Crippen molar-refractivity contribution < 1.29 is 38.5 Å². The summed E-state index contributed by atoms with van der Waals surface area (Å²) in [6.45, 7) is 28.2. The predicted octanol–water partition coefficient (Wildman–Crippen LogP) is 9.49. The van der Waals surface area contributed by atoms with E-state index < -0.39 is 52.8 Å². The van der Waals surface area contributed by atoms with E-state index in [0.717, 1.165) is 25.7 Å². The van der Waals surface area contributed by atoms with Gasteiger partial charge in [-0.25, -0.2) is 0 Å². The molecule has 1 aliphatic rings. The summed E-state index contributed by atoms with van der Waals surface area (Å²) >= 11 is 1.72. The third-order valence-corrected chi connectivity index (χ3v) is 10.1. The Hall–Kier alpha value is -1.81. The minimum atomic E-state index is -1.05. The van der Waals surface area contributed by atoms with Gasteiger partial charge in [0.2, 0.25) is 0 Å². The maximum absolute atomic E-state index is 13.0. The Bertz CT molecular complexity index is 902. The Morgan fingerprint density at radius 2 is 1.35 bits per heavy atom. The van der Waals surface area contributed by atoms with Crippen molar-refractivity contribution in [3.63, 3.8) is 0 Å². The van der Waals surface area contributed by atoms with Gasteiger partial charge in [-0.1, -0.05) is 129 Å². The average molecular weight is 720 g/mol. The van der Waals surface area contributed by atoms with E-state index in [1.54, 1.807) is 25.7 Å². The zero-order valence-corrected chi connectivity index (χ0v) is 35.0. The minimum Gasteiger partial charge on any atom is -0.481 e. The van der Waals surface area contributed by atoms with Crippen molar-refractivity contribution in [3.8, 4) is 0 Å². The SMILES string of the molecule is CC.CCC.CCC(C)CC(C)(C)SCCC(=O)OCC(COC(=O)C(C)(NC)C(C)(C)C)OC(=O)C1CCCCC1C(=O)O.CCCC. The highest BCUT2D eigenvalue weighted by molar-refractivity contribution is 8.00. The topological polar surface area (TPSA) is 128 Å². The molecular weight excluding hydrogens is 642 g/mol. The Morgan fingerprint density at radius 1 is 0.857 bits per heavy atom. The molecule has 1 aliphatic carbocycles. The molecule has 2 N–H and O–H groups in total. The number of esters is 3. The molecule has 0 amide bonds. The molecule has 5 atom stereocenters. The quantitative estimate of drug-likeness (QED) is 0.111. The molecule has 1 fully saturated rings. The Balaban J connectivity index is -0.00000210. The maximum Gasteiger partial charge on any atom is 0.326 e. The van der Waals surface area contributed by atoms with Gasteiger partial charge >= 0.3 is 23.9 Å². The van der Waals surface area contributed by atoms with Crippen molar-refractivity contribution >= 4 is 35.6 Å². The first-order valence-corrected chi connectivity index (χ1v) is 19.9. The summed E-state index contributed by atoms with van der Waals surface area (Å²) in [6, 6.07) is 0. The lowest BCUT2D eigenvalue weighted by atomic mass is 9.75. The number of carboxylic acid groups (broad SMARTS) is 1. The second kappa shape index (κ2) is 27.9. The molecule has 0 spiro atoms. The molecule has 1 rings (SSSR count). The summed E-state index contributed by atoms with van der Waals surface area (Å²) in [5.74, 6) is -3.08. The number of carbonyl (C=O) groups excluding carboxylic acids is 3. The van der Waals surface area contributed by atoms with Crippen LogP contribution in [0.5, 0.6) is 0 Å². The van der Waals surface area contributed by atoms with Gasteiger partial charge < -0.3 is 24.6 Å². The van der Waals surface area contributed by atoms with E-state index >= 15 is 0 Å². The molecule has 0 saturated heterocycles. The molecule has 0 aromatic rings. The van der Waals surface area contributed by atoms with E-state index in [1.807, 2.05) is 34.6 Å². The van der Waals surface area contributed by atoms with E-state index in [-0.39, 0.29) is 24.4 Å². The van der Waals surface area contributed by atoms with Crippen molar-refractivity contribution in [2.45, 2.75) is 178 Å². The third-order valence-electron chi connectivity index (χ3n) is 8.74. The number of thioether (sulfide) groups is 1. The lowest BCUT2D eigenvalue weighted by molar-refractivity contribution is -0.176. The number of aliphatic carboxylic acids is 1. The highest BCUT2D eigenvalue weighted by atomic mass is 32.2. The van der Waals surface area contributed by atoms with Crippen molar-refractivity contribution in [3.05, 3.63) is 0 Å². The molecule has 0 radical (unpaired) electrons. The van der Waals surface area contributed by atoms with Crippen LogP contribution < -0.4 is 5.32 Å². The second-order valence-electron chi connectivity index (χ2n) is 14.6. The lowest BCUT2D eigenvalue weighted by Crippen LogP contribution is -2.58. The molecule has 9 nitrogen and oxygen atoms in total. The molecular formula is C39H77NO8S. The Morgan fingerprint density at radius 3 is 1.78 bits per heavy atom. The van der Waals surface area contributed by atoms with Crippen LogP contribution in [0.3, 0.4) is 0 Å². The van der Waals surface area contributed by atoms with Crippen molar-refractivity contribution in [1.82, 2.24) is 5.32 Å². The van der Waals surface area contributed by atoms with Crippen LogP contribution in [-0.4, -0.2) is 71.4 Å². The van der Waals surface area contributed by atoms with E-state index in [2.05, 4.69) is 60.7 Å². The second-order valence-corrected chi connectivity index (χ2v) is 16.4. The average Bonchev–Trinajstić information content (AvgIpc) is 3.05. The molecule has 0 aliphatic heterocycles. The zero-order chi connectivity index (χ0) is 38.8. The van der Waals surface area contributed by atoms with Crippen molar-refractivity contribution in [1.29, 1.82) is 0 Å². The van der Waals surface area contributed by atoms with Gasteiger partial charge in [0, 0.05) is 10.5 Å². The third kappa shape index (κ3) is 21.9.